The van der Waals surface area contributed by atoms with E-state index < -0.39 is 10.0 Å². The molecule has 1 aliphatic rings. The van der Waals surface area contributed by atoms with Crippen molar-refractivity contribution >= 4 is 21.6 Å². The van der Waals surface area contributed by atoms with E-state index in [9.17, 15) is 13.2 Å². The number of nitrogens with one attached hydrogen (secondary N) is 1. The molecular weight excluding hydrogens is 364 g/mol. The Morgan fingerprint density at radius 2 is 1.74 bits per heavy atom. The summed E-state index contributed by atoms with van der Waals surface area (Å²) < 4.78 is 31.3. The van der Waals surface area contributed by atoms with Gasteiger partial charge in [-0.25, -0.2) is 12.7 Å². The van der Waals surface area contributed by atoms with Crippen LogP contribution in [-0.4, -0.2) is 39.8 Å². The molecule has 0 heterocycles. The fraction of sp³-hybridized carbons (Fsp3) is 0.350. The summed E-state index contributed by atoms with van der Waals surface area (Å²) in [6.45, 7) is 0. The largest absolute Gasteiger partial charge is 0.495 e. The molecule has 0 unspecified atom stereocenters. The van der Waals surface area contributed by atoms with Crippen LogP contribution in [0, 0.1) is 0 Å². The number of carbonyl (C=O) groups is 1. The van der Waals surface area contributed by atoms with E-state index in [1.165, 1.54) is 44.8 Å². The van der Waals surface area contributed by atoms with Crippen molar-refractivity contribution in [2.45, 2.75) is 30.6 Å². The molecule has 0 aliphatic heterocycles. The molecule has 27 heavy (non-hydrogen) atoms. The summed E-state index contributed by atoms with van der Waals surface area (Å²) in [5.74, 6) is -0.0304. The van der Waals surface area contributed by atoms with Gasteiger partial charge in [-0.05, 0) is 67.1 Å². The molecule has 2 aromatic rings. The van der Waals surface area contributed by atoms with Crippen molar-refractivity contribution in [1.29, 1.82) is 0 Å². The number of fused-ring (bicyclic) bond motifs is 1. The van der Waals surface area contributed by atoms with Crippen molar-refractivity contribution < 1.29 is 17.9 Å². The van der Waals surface area contributed by atoms with Gasteiger partial charge < -0.3 is 10.1 Å². The van der Waals surface area contributed by atoms with Gasteiger partial charge in [-0.15, -0.1) is 0 Å². The van der Waals surface area contributed by atoms with Crippen molar-refractivity contribution in [3.8, 4) is 5.75 Å². The first kappa shape index (κ1) is 19.4. The summed E-state index contributed by atoms with van der Waals surface area (Å²) >= 11 is 0. The fourth-order valence-electron chi connectivity index (χ4n) is 3.23. The highest BCUT2D eigenvalue weighted by molar-refractivity contribution is 7.89. The molecule has 1 N–H and O–H groups in total. The third-order valence-electron chi connectivity index (χ3n) is 4.79. The average Bonchev–Trinajstić information content (AvgIpc) is 2.67. The summed E-state index contributed by atoms with van der Waals surface area (Å²) in [6.07, 6.45) is 4.38. The Balaban J connectivity index is 1.88. The highest BCUT2D eigenvalue weighted by Gasteiger charge is 2.23. The van der Waals surface area contributed by atoms with Gasteiger partial charge in [0.05, 0.1) is 7.11 Å². The monoisotopic (exact) mass is 388 g/mol. The van der Waals surface area contributed by atoms with Crippen molar-refractivity contribution in [3.63, 3.8) is 0 Å². The van der Waals surface area contributed by atoms with Crippen molar-refractivity contribution in [2.75, 3.05) is 26.5 Å². The van der Waals surface area contributed by atoms with Crippen LogP contribution in [0.15, 0.2) is 41.3 Å². The molecule has 0 radical (unpaired) electrons. The Labute approximate surface area is 160 Å². The fourth-order valence-corrected chi connectivity index (χ4v) is 4.31. The number of sulfonamides is 1. The number of hydrogen-bond donors (Lipinski definition) is 1. The van der Waals surface area contributed by atoms with Gasteiger partial charge in [-0.3, -0.25) is 4.79 Å². The Hall–Kier alpha value is -2.38. The SMILES string of the molecule is COc1ccc(NC(=O)c2ccc3c(c2)CCCC3)cc1S(=O)(=O)N(C)C. The second kappa shape index (κ2) is 7.70. The number of methoxy groups -OCH3 is 1. The lowest BCUT2D eigenvalue weighted by Crippen LogP contribution is -2.23. The molecular formula is C20H24N2O4S. The zero-order chi connectivity index (χ0) is 19.6. The number of aryl methyl sites for hydroxylation is 2. The van der Waals surface area contributed by atoms with Crippen LogP contribution < -0.4 is 10.1 Å². The van der Waals surface area contributed by atoms with Gasteiger partial charge in [0.25, 0.3) is 5.91 Å². The predicted molar refractivity (Wildman–Crippen MR) is 105 cm³/mol. The number of ether oxygens (including phenoxy) is 1. The van der Waals surface area contributed by atoms with Crippen LogP contribution in [0.3, 0.4) is 0 Å². The number of carbonyl (C=O) groups excluding carboxylic acids is 1. The van der Waals surface area contributed by atoms with Crippen molar-refractivity contribution in [2.24, 2.45) is 0 Å². The van der Waals surface area contributed by atoms with Gasteiger partial charge in [0.15, 0.2) is 0 Å². The number of nitrogens with zero attached hydrogens (tertiary/aromatic N) is 1. The summed E-state index contributed by atoms with van der Waals surface area (Å²) in [7, 11) is 0.618. The summed E-state index contributed by atoms with van der Waals surface area (Å²) in [4.78, 5) is 12.7. The van der Waals surface area contributed by atoms with Crippen LogP contribution in [-0.2, 0) is 22.9 Å². The van der Waals surface area contributed by atoms with E-state index in [2.05, 4.69) is 5.32 Å². The summed E-state index contributed by atoms with van der Waals surface area (Å²) in [5, 5.41) is 2.79. The molecule has 0 aromatic heterocycles. The van der Waals surface area contributed by atoms with Gasteiger partial charge in [0.2, 0.25) is 10.0 Å². The van der Waals surface area contributed by atoms with Gasteiger partial charge in [0, 0.05) is 25.3 Å². The highest BCUT2D eigenvalue weighted by atomic mass is 32.2. The molecule has 7 heteroatoms. The minimum atomic E-state index is -3.70. The zero-order valence-corrected chi connectivity index (χ0v) is 16.6. The van der Waals surface area contributed by atoms with Crippen LogP contribution >= 0.6 is 0 Å². The van der Waals surface area contributed by atoms with Crippen LogP contribution in [0.5, 0.6) is 5.75 Å². The molecule has 2 aromatic carbocycles. The Morgan fingerprint density at radius 3 is 2.41 bits per heavy atom. The molecule has 0 atom stereocenters. The molecule has 3 rings (SSSR count). The summed E-state index contributed by atoms with van der Waals surface area (Å²) in [5.41, 5.74) is 3.50. The number of rotatable bonds is 5. The normalized spacial score (nSPS) is 13.9. The Kier molecular flexibility index (Phi) is 5.53. The van der Waals surface area contributed by atoms with E-state index >= 15 is 0 Å². The lowest BCUT2D eigenvalue weighted by molar-refractivity contribution is 0.102. The average molecular weight is 388 g/mol. The molecule has 0 saturated carbocycles. The molecule has 0 fully saturated rings. The van der Waals surface area contributed by atoms with Crippen LogP contribution in [0.1, 0.15) is 34.3 Å². The Bertz CT molecular complexity index is 968. The smallest absolute Gasteiger partial charge is 0.255 e. The molecule has 0 saturated heterocycles. The third-order valence-corrected chi connectivity index (χ3v) is 6.63. The number of hydrogen-bond acceptors (Lipinski definition) is 4. The number of amides is 1. The quantitative estimate of drug-likeness (QED) is 0.854. The highest BCUT2D eigenvalue weighted by Crippen LogP contribution is 2.29. The first-order valence-electron chi connectivity index (χ1n) is 8.86. The van der Waals surface area contributed by atoms with Crippen molar-refractivity contribution in [1.82, 2.24) is 4.31 Å². The first-order valence-corrected chi connectivity index (χ1v) is 10.3. The lowest BCUT2D eigenvalue weighted by atomic mass is 9.90. The maximum absolute atomic E-state index is 12.6. The standard InChI is InChI=1S/C20H24N2O4S/c1-22(2)27(24,25)19-13-17(10-11-18(19)26-3)21-20(23)16-9-8-14-6-4-5-7-15(14)12-16/h8-13H,4-7H2,1-3H3,(H,21,23). The van der Waals surface area contributed by atoms with Crippen LogP contribution in [0.25, 0.3) is 0 Å². The van der Waals surface area contributed by atoms with Crippen molar-refractivity contribution in [3.05, 3.63) is 53.1 Å². The van der Waals surface area contributed by atoms with E-state index in [-0.39, 0.29) is 16.6 Å². The molecule has 0 spiro atoms. The van der Waals surface area contributed by atoms with Gasteiger partial charge in [-0.2, -0.15) is 0 Å². The van der Waals surface area contributed by atoms with Gasteiger partial charge in [-0.1, -0.05) is 6.07 Å². The van der Waals surface area contributed by atoms with Crippen LogP contribution in [0.2, 0.25) is 0 Å². The Morgan fingerprint density at radius 1 is 1.04 bits per heavy atom. The first-order chi connectivity index (χ1) is 12.8. The molecule has 0 bridgehead atoms. The van der Waals surface area contributed by atoms with E-state index in [4.69, 9.17) is 4.74 Å². The molecule has 1 amide bonds. The number of anilines is 1. The van der Waals surface area contributed by atoms with E-state index in [0.29, 0.717) is 11.3 Å². The maximum atomic E-state index is 12.6. The molecule has 1 aliphatic carbocycles. The maximum Gasteiger partial charge on any atom is 0.255 e. The number of benzene rings is 2. The van der Waals surface area contributed by atoms with Gasteiger partial charge >= 0.3 is 0 Å². The lowest BCUT2D eigenvalue weighted by Gasteiger charge is -2.17. The van der Waals surface area contributed by atoms with E-state index in [0.717, 1.165) is 23.6 Å². The minimum Gasteiger partial charge on any atom is -0.495 e. The van der Waals surface area contributed by atoms with Crippen LogP contribution in [0.4, 0.5) is 5.69 Å². The van der Waals surface area contributed by atoms with E-state index in [1.54, 1.807) is 12.1 Å². The third kappa shape index (κ3) is 3.99. The van der Waals surface area contributed by atoms with Gasteiger partial charge in [0.1, 0.15) is 10.6 Å². The minimum absolute atomic E-state index is 0.0123. The topological polar surface area (TPSA) is 75.7 Å². The molecule has 144 valence electrons. The second-order valence-electron chi connectivity index (χ2n) is 6.80. The summed E-state index contributed by atoms with van der Waals surface area (Å²) in [6, 6.07) is 10.4. The predicted octanol–water partition coefficient (Wildman–Crippen LogP) is 3.08. The zero-order valence-electron chi connectivity index (χ0n) is 15.8. The second-order valence-corrected chi connectivity index (χ2v) is 8.92. The molecule has 6 nitrogen and oxygen atoms in total. The van der Waals surface area contributed by atoms with E-state index in [1.807, 2.05) is 18.2 Å².